The summed E-state index contributed by atoms with van der Waals surface area (Å²) < 4.78 is 3.01. The molecule has 0 saturated carbocycles. The third-order valence-corrected chi connectivity index (χ3v) is 2.16. The molecule has 9 heavy (non-hydrogen) atoms. The summed E-state index contributed by atoms with van der Waals surface area (Å²) in [4.78, 5) is 0. The molecule has 0 aromatic heterocycles. The van der Waals surface area contributed by atoms with Crippen LogP contribution in [-0.2, 0) is 0 Å². The molecule has 0 heterocycles. The number of halogens is 1. The third kappa shape index (κ3) is 5.11. The van der Waals surface area contributed by atoms with Crippen LogP contribution in [0.4, 0.5) is 0 Å². The average molecular weight is 243 g/mol. The second-order valence-corrected chi connectivity index (χ2v) is 2.75. The molecule has 0 radical (unpaired) electrons. The minimum absolute atomic E-state index is 0.253. The van der Waals surface area contributed by atoms with Crippen molar-refractivity contribution in [2.45, 2.75) is 32.2 Å². The molecule has 0 aliphatic heterocycles. The molecule has 0 aromatic carbocycles. The lowest BCUT2D eigenvalue weighted by Crippen LogP contribution is -2.23. The standard InChI is InChI=1S/C6H14INO/c1-2-3-4-6(5-9)8-7/h6,8-9H,2-5H2,1H3. The summed E-state index contributed by atoms with van der Waals surface area (Å²) in [6, 6.07) is 0.297. The van der Waals surface area contributed by atoms with E-state index in [1.54, 1.807) is 0 Å². The molecule has 0 bridgehead atoms. The average Bonchev–Trinajstić information content (AvgIpc) is 1.91. The summed E-state index contributed by atoms with van der Waals surface area (Å²) in [7, 11) is 0. The maximum Gasteiger partial charge on any atom is 0.0592 e. The summed E-state index contributed by atoms with van der Waals surface area (Å²) in [6.07, 6.45) is 3.48. The van der Waals surface area contributed by atoms with E-state index in [1.165, 1.54) is 12.8 Å². The van der Waals surface area contributed by atoms with Crippen molar-refractivity contribution in [3.63, 3.8) is 0 Å². The predicted molar refractivity (Wildman–Crippen MR) is 47.6 cm³/mol. The third-order valence-electron chi connectivity index (χ3n) is 1.28. The highest BCUT2D eigenvalue weighted by Crippen LogP contribution is 2.00. The van der Waals surface area contributed by atoms with Gasteiger partial charge in [0.2, 0.25) is 0 Å². The smallest absolute Gasteiger partial charge is 0.0592 e. The Bertz CT molecular complexity index is 57.0. The highest BCUT2D eigenvalue weighted by Gasteiger charge is 2.01. The molecular formula is C6H14INO. The van der Waals surface area contributed by atoms with Crippen LogP contribution in [0.25, 0.3) is 0 Å². The van der Waals surface area contributed by atoms with Gasteiger partial charge in [-0.2, -0.15) is 0 Å². The maximum atomic E-state index is 8.69. The van der Waals surface area contributed by atoms with Crippen LogP contribution in [0, 0.1) is 0 Å². The van der Waals surface area contributed by atoms with Crippen LogP contribution in [0.2, 0.25) is 0 Å². The maximum absolute atomic E-state index is 8.69. The Morgan fingerprint density at radius 2 is 2.33 bits per heavy atom. The van der Waals surface area contributed by atoms with Crippen LogP contribution in [0.15, 0.2) is 0 Å². The quantitative estimate of drug-likeness (QED) is 0.566. The van der Waals surface area contributed by atoms with E-state index in [1.807, 2.05) is 0 Å². The minimum Gasteiger partial charge on any atom is -0.395 e. The Morgan fingerprint density at radius 1 is 1.67 bits per heavy atom. The van der Waals surface area contributed by atoms with Gasteiger partial charge in [-0.3, -0.25) is 3.53 Å². The molecule has 0 spiro atoms. The van der Waals surface area contributed by atoms with Crippen LogP contribution in [0.1, 0.15) is 26.2 Å². The van der Waals surface area contributed by atoms with E-state index < -0.39 is 0 Å². The second-order valence-electron chi connectivity index (χ2n) is 2.13. The lowest BCUT2D eigenvalue weighted by molar-refractivity contribution is 0.253. The number of unbranched alkanes of at least 4 members (excludes halogenated alkanes) is 1. The fourth-order valence-electron chi connectivity index (χ4n) is 0.631. The summed E-state index contributed by atoms with van der Waals surface area (Å²) in [5, 5.41) is 8.69. The van der Waals surface area contributed by atoms with Crippen molar-refractivity contribution in [2.75, 3.05) is 6.61 Å². The molecule has 2 N–H and O–H groups in total. The van der Waals surface area contributed by atoms with Gasteiger partial charge in [0.05, 0.1) is 6.61 Å². The van der Waals surface area contributed by atoms with Crippen LogP contribution in [-0.4, -0.2) is 17.8 Å². The number of rotatable bonds is 5. The molecule has 56 valence electrons. The van der Waals surface area contributed by atoms with Gasteiger partial charge in [0, 0.05) is 28.9 Å². The van der Waals surface area contributed by atoms with E-state index in [9.17, 15) is 0 Å². The zero-order valence-electron chi connectivity index (χ0n) is 5.73. The largest absolute Gasteiger partial charge is 0.395 e. The Hall–Kier alpha value is 0.650. The van der Waals surface area contributed by atoms with E-state index in [0.29, 0.717) is 6.04 Å². The molecule has 0 fully saturated rings. The summed E-state index contributed by atoms with van der Waals surface area (Å²) >= 11 is 2.08. The number of nitrogens with one attached hydrogen (secondary N) is 1. The summed E-state index contributed by atoms with van der Waals surface area (Å²) in [6.45, 7) is 2.41. The molecule has 1 atom stereocenters. The zero-order valence-corrected chi connectivity index (χ0v) is 7.89. The molecule has 1 unspecified atom stereocenters. The normalized spacial score (nSPS) is 13.7. The monoisotopic (exact) mass is 243 g/mol. The Morgan fingerprint density at radius 3 is 2.67 bits per heavy atom. The molecule has 3 heteroatoms. The van der Waals surface area contributed by atoms with Gasteiger partial charge in [-0.15, -0.1) is 0 Å². The molecule has 0 aliphatic carbocycles. The Balaban J connectivity index is 3.09. The van der Waals surface area contributed by atoms with Gasteiger partial charge in [0.25, 0.3) is 0 Å². The van der Waals surface area contributed by atoms with Crippen molar-refractivity contribution >= 4 is 22.9 Å². The fraction of sp³-hybridized carbons (Fsp3) is 1.00. The molecular weight excluding hydrogens is 229 g/mol. The van der Waals surface area contributed by atoms with Crippen molar-refractivity contribution in [3.8, 4) is 0 Å². The molecule has 0 aromatic rings. The van der Waals surface area contributed by atoms with Crippen LogP contribution < -0.4 is 3.53 Å². The van der Waals surface area contributed by atoms with E-state index in [2.05, 4.69) is 33.3 Å². The fourth-order valence-corrected chi connectivity index (χ4v) is 1.14. The Labute approximate surface area is 70.5 Å². The predicted octanol–water partition coefficient (Wildman–Crippen LogP) is 1.48. The van der Waals surface area contributed by atoms with E-state index in [-0.39, 0.29) is 6.61 Å². The lowest BCUT2D eigenvalue weighted by atomic mass is 10.1. The number of aliphatic hydroxyl groups excluding tert-OH is 1. The van der Waals surface area contributed by atoms with Gasteiger partial charge >= 0.3 is 0 Å². The molecule has 0 rings (SSSR count). The van der Waals surface area contributed by atoms with E-state index in [0.717, 1.165) is 6.42 Å². The first-order valence-electron chi connectivity index (χ1n) is 3.32. The van der Waals surface area contributed by atoms with Gasteiger partial charge < -0.3 is 5.11 Å². The van der Waals surface area contributed by atoms with Crippen molar-refractivity contribution in [3.05, 3.63) is 0 Å². The number of hydrogen-bond acceptors (Lipinski definition) is 2. The summed E-state index contributed by atoms with van der Waals surface area (Å²) in [5.41, 5.74) is 0. The minimum atomic E-state index is 0.253. The van der Waals surface area contributed by atoms with Crippen molar-refractivity contribution in [2.24, 2.45) is 0 Å². The first kappa shape index (κ1) is 9.65. The van der Waals surface area contributed by atoms with Gasteiger partial charge in [-0.1, -0.05) is 19.8 Å². The Kier molecular flexibility index (Phi) is 7.25. The van der Waals surface area contributed by atoms with E-state index in [4.69, 9.17) is 5.11 Å². The highest BCUT2D eigenvalue weighted by molar-refractivity contribution is 14.1. The molecule has 2 nitrogen and oxygen atoms in total. The molecule has 0 aliphatic rings. The molecule has 0 saturated heterocycles. The number of hydrogen-bond donors (Lipinski definition) is 2. The SMILES string of the molecule is CCCCC(CO)NI. The lowest BCUT2D eigenvalue weighted by Gasteiger charge is -2.09. The van der Waals surface area contributed by atoms with Gasteiger partial charge in [0.15, 0.2) is 0 Å². The van der Waals surface area contributed by atoms with Crippen LogP contribution in [0.5, 0.6) is 0 Å². The van der Waals surface area contributed by atoms with Crippen LogP contribution >= 0.6 is 22.9 Å². The van der Waals surface area contributed by atoms with Gasteiger partial charge in [-0.25, -0.2) is 0 Å². The van der Waals surface area contributed by atoms with Crippen LogP contribution in [0.3, 0.4) is 0 Å². The van der Waals surface area contributed by atoms with Gasteiger partial charge in [0.1, 0.15) is 0 Å². The first-order chi connectivity index (χ1) is 4.35. The second kappa shape index (κ2) is 6.77. The first-order valence-corrected chi connectivity index (χ1v) is 4.40. The van der Waals surface area contributed by atoms with Crippen molar-refractivity contribution in [1.82, 2.24) is 3.53 Å². The van der Waals surface area contributed by atoms with Crippen molar-refractivity contribution in [1.29, 1.82) is 0 Å². The topological polar surface area (TPSA) is 32.3 Å². The zero-order chi connectivity index (χ0) is 7.11. The summed E-state index contributed by atoms with van der Waals surface area (Å²) in [5.74, 6) is 0. The number of aliphatic hydroxyl groups is 1. The highest BCUT2D eigenvalue weighted by atomic mass is 127. The molecule has 0 amide bonds. The van der Waals surface area contributed by atoms with E-state index >= 15 is 0 Å². The van der Waals surface area contributed by atoms with Crippen molar-refractivity contribution < 1.29 is 5.11 Å². The van der Waals surface area contributed by atoms with Gasteiger partial charge in [-0.05, 0) is 6.42 Å².